The third kappa shape index (κ3) is 6.97. The number of ether oxygens (including phenoxy) is 4. The standard InChI is InChI=1S/C25H31NO7/c1-15(2)25(29)26-19-10-8-18(9-11-19)23(28)16(3)33-22(27)12-7-17-13-20(30-4)24(32-6)21(14-17)31-5/h8-11,13-16H,7,12H2,1-6H3,(H,26,29). The van der Waals surface area contributed by atoms with Crippen molar-refractivity contribution in [2.24, 2.45) is 5.92 Å². The monoisotopic (exact) mass is 457 g/mol. The van der Waals surface area contributed by atoms with Crippen LogP contribution in [0, 0.1) is 5.92 Å². The molecule has 1 amide bonds. The number of aryl methyl sites for hydroxylation is 1. The Morgan fingerprint density at radius 3 is 1.94 bits per heavy atom. The van der Waals surface area contributed by atoms with Gasteiger partial charge in [0.2, 0.25) is 17.4 Å². The number of nitrogens with one attached hydrogen (secondary N) is 1. The van der Waals surface area contributed by atoms with Crippen LogP contribution < -0.4 is 19.5 Å². The summed E-state index contributed by atoms with van der Waals surface area (Å²) in [4.78, 5) is 36.7. The SMILES string of the molecule is COc1cc(CCC(=O)OC(C)C(=O)c2ccc(NC(=O)C(C)C)cc2)cc(OC)c1OC. The molecule has 8 nitrogen and oxygen atoms in total. The zero-order valence-corrected chi connectivity index (χ0v) is 19.9. The molecule has 0 bridgehead atoms. The molecule has 1 N–H and O–H groups in total. The van der Waals surface area contributed by atoms with E-state index in [-0.39, 0.29) is 24.0 Å². The van der Waals surface area contributed by atoms with Gasteiger partial charge in [-0.05, 0) is 55.3 Å². The Kier molecular flexibility index (Phi) is 9.27. The van der Waals surface area contributed by atoms with Crippen LogP contribution in [0.1, 0.15) is 43.1 Å². The molecule has 2 aromatic carbocycles. The van der Waals surface area contributed by atoms with Gasteiger partial charge in [0, 0.05) is 23.6 Å². The van der Waals surface area contributed by atoms with Gasteiger partial charge < -0.3 is 24.3 Å². The number of ketones is 1. The molecular formula is C25H31NO7. The number of anilines is 1. The molecule has 1 unspecified atom stereocenters. The first-order valence-corrected chi connectivity index (χ1v) is 10.6. The minimum Gasteiger partial charge on any atom is -0.493 e. The topological polar surface area (TPSA) is 100 Å². The molecule has 0 saturated heterocycles. The van der Waals surface area contributed by atoms with Gasteiger partial charge in [0.25, 0.3) is 0 Å². The van der Waals surface area contributed by atoms with Gasteiger partial charge in [0.05, 0.1) is 21.3 Å². The average molecular weight is 458 g/mol. The van der Waals surface area contributed by atoms with Gasteiger partial charge in [-0.1, -0.05) is 13.8 Å². The fraction of sp³-hybridized carbons (Fsp3) is 0.400. The number of Topliss-reactive ketones (excluding diaryl/α,β-unsaturated/α-hetero) is 1. The molecule has 8 heteroatoms. The van der Waals surface area contributed by atoms with Crippen molar-refractivity contribution in [2.45, 2.75) is 39.7 Å². The second-order valence-electron chi connectivity index (χ2n) is 7.75. The zero-order valence-electron chi connectivity index (χ0n) is 19.9. The van der Waals surface area contributed by atoms with Crippen molar-refractivity contribution in [3.05, 3.63) is 47.5 Å². The van der Waals surface area contributed by atoms with Gasteiger partial charge in [-0.3, -0.25) is 14.4 Å². The van der Waals surface area contributed by atoms with Crippen molar-refractivity contribution >= 4 is 23.3 Å². The average Bonchev–Trinajstić information content (AvgIpc) is 2.81. The van der Waals surface area contributed by atoms with Crippen LogP contribution in [0.15, 0.2) is 36.4 Å². The van der Waals surface area contributed by atoms with Crippen molar-refractivity contribution in [3.8, 4) is 17.2 Å². The summed E-state index contributed by atoms with van der Waals surface area (Å²) in [6, 6.07) is 10.0. The summed E-state index contributed by atoms with van der Waals surface area (Å²) in [6.45, 7) is 5.13. The van der Waals surface area contributed by atoms with E-state index in [4.69, 9.17) is 18.9 Å². The van der Waals surface area contributed by atoms with Crippen LogP contribution in [0.4, 0.5) is 5.69 Å². The van der Waals surface area contributed by atoms with Gasteiger partial charge >= 0.3 is 5.97 Å². The summed E-state index contributed by atoms with van der Waals surface area (Å²) in [6.07, 6.45) is -0.481. The first-order valence-electron chi connectivity index (χ1n) is 10.6. The first-order chi connectivity index (χ1) is 15.7. The molecule has 1 atom stereocenters. The van der Waals surface area contributed by atoms with E-state index < -0.39 is 12.1 Å². The maximum Gasteiger partial charge on any atom is 0.306 e. The summed E-state index contributed by atoms with van der Waals surface area (Å²) in [5.74, 6) is 0.395. The predicted octanol–water partition coefficient (Wildman–Crippen LogP) is 4.05. The quantitative estimate of drug-likeness (QED) is 0.401. The van der Waals surface area contributed by atoms with Crippen molar-refractivity contribution < 1.29 is 33.3 Å². The van der Waals surface area contributed by atoms with Crippen LogP contribution in [0.5, 0.6) is 17.2 Å². The molecule has 0 aliphatic heterocycles. The zero-order chi connectivity index (χ0) is 24.5. The van der Waals surface area contributed by atoms with E-state index in [1.807, 2.05) is 0 Å². The maximum atomic E-state index is 12.6. The third-order valence-corrected chi connectivity index (χ3v) is 4.98. The molecule has 0 aliphatic carbocycles. The summed E-state index contributed by atoms with van der Waals surface area (Å²) in [5, 5.41) is 2.76. The number of esters is 1. The number of carbonyl (C=O) groups is 3. The minimum absolute atomic E-state index is 0.0798. The minimum atomic E-state index is -0.937. The van der Waals surface area contributed by atoms with E-state index in [9.17, 15) is 14.4 Å². The maximum absolute atomic E-state index is 12.6. The van der Waals surface area contributed by atoms with E-state index in [1.165, 1.54) is 28.3 Å². The molecule has 0 aliphatic rings. The van der Waals surface area contributed by atoms with Gasteiger partial charge in [-0.2, -0.15) is 0 Å². The molecule has 2 aromatic rings. The van der Waals surface area contributed by atoms with Gasteiger partial charge in [0.1, 0.15) is 0 Å². The molecule has 2 rings (SSSR count). The normalized spacial score (nSPS) is 11.5. The Balaban J connectivity index is 1.95. The summed E-state index contributed by atoms with van der Waals surface area (Å²) in [7, 11) is 4.56. The van der Waals surface area contributed by atoms with E-state index in [0.29, 0.717) is 34.9 Å². The first kappa shape index (κ1) is 25.7. The molecule has 33 heavy (non-hydrogen) atoms. The van der Waals surface area contributed by atoms with Crippen LogP contribution in [-0.4, -0.2) is 45.1 Å². The Hall–Kier alpha value is -3.55. The van der Waals surface area contributed by atoms with Crippen molar-refractivity contribution in [2.75, 3.05) is 26.6 Å². The van der Waals surface area contributed by atoms with Crippen LogP contribution >= 0.6 is 0 Å². The number of hydrogen-bond acceptors (Lipinski definition) is 7. The Morgan fingerprint density at radius 1 is 0.879 bits per heavy atom. The van der Waals surface area contributed by atoms with E-state index in [1.54, 1.807) is 50.2 Å². The summed E-state index contributed by atoms with van der Waals surface area (Å²) >= 11 is 0. The highest BCUT2D eigenvalue weighted by molar-refractivity contribution is 6.01. The van der Waals surface area contributed by atoms with Crippen LogP contribution in [-0.2, 0) is 20.7 Å². The smallest absolute Gasteiger partial charge is 0.306 e. The number of rotatable bonds is 11. The van der Waals surface area contributed by atoms with Crippen LogP contribution in [0.2, 0.25) is 0 Å². The van der Waals surface area contributed by atoms with E-state index in [2.05, 4.69) is 5.32 Å². The molecule has 178 valence electrons. The lowest BCUT2D eigenvalue weighted by Crippen LogP contribution is -2.24. The molecule has 0 heterocycles. The molecule has 0 radical (unpaired) electrons. The van der Waals surface area contributed by atoms with Gasteiger partial charge in [-0.25, -0.2) is 0 Å². The lowest BCUT2D eigenvalue weighted by molar-refractivity contribution is -0.146. The van der Waals surface area contributed by atoms with Crippen molar-refractivity contribution in [3.63, 3.8) is 0 Å². The number of methoxy groups -OCH3 is 3. The number of amides is 1. The van der Waals surface area contributed by atoms with E-state index >= 15 is 0 Å². The Labute approximate surface area is 194 Å². The largest absolute Gasteiger partial charge is 0.493 e. The fourth-order valence-electron chi connectivity index (χ4n) is 3.07. The second-order valence-corrected chi connectivity index (χ2v) is 7.75. The molecule has 0 fully saturated rings. The number of benzene rings is 2. The fourth-order valence-corrected chi connectivity index (χ4v) is 3.07. The van der Waals surface area contributed by atoms with Gasteiger partial charge in [0.15, 0.2) is 17.6 Å². The van der Waals surface area contributed by atoms with Crippen molar-refractivity contribution in [1.29, 1.82) is 0 Å². The predicted molar refractivity (Wildman–Crippen MR) is 124 cm³/mol. The van der Waals surface area contributed by atoms with Crippen LogP contribution in [0.3, 0.4) is 0 Å². The van der Waals surface area contributed by atoms with E-state index in [0.717, 1.165) is 5.56 Å². The van der Waals surface area contributed by atoms with Gasteiger partial charge in [-0.15, -0.1) is 0 Å². The Morgan fingerprint density at radius 2 is 1.45 bits per heavy atom. The number of carbonyl (C=O) groups excluding carboxylic acids is 3. The lowest BCUT2D eigenvalue weighted by Gasteiger charge is -2.15. The number of hydrogen-bond donors (Lipinski definition) is 1. The molecular weight excluding hydrogens is 426 g/mol. The third-order valence-electron chi connectivity index (χ3n) is 4.98. The molecule has 0 saturated carbocycles. The molecule has 0 aromatic heterocycles. The highest BCUT2D eigenvalue weighted by Crippen LogP contribution is 2.38. The Bertz CT molecular complexity index is 958. The lowest BCUT2D eigenvalue weighted by atomic mass is 10.1. The van der Waals surface area contributed by atoms with Crippen LogP contribution in [0.25, 0.3) is 0 Å². The second kappa shape index (κ2) is 11.9. The summed E-state index contributed by atoms with van der Waals surface area (Å²) in [5.41, 5.74) is 1.79. The highest BCUT2D eigenvalue weighted by Gasteiger charge is 2.20. The molecule has 0 spiro atoms. The summed E-state index contributed by atoms with van der Waals surface area (Å²) < 4.78 is 21.3. The highest BCUT2D eigenvalue weighted by atomic mass is 16.5. The van der Waals surface area contributed by atoms with Crippen molar-refractivity contribution in [1.82, 2.24) is 0 Å².